The van der Waals surface area contributed by atoms with E-state index in [4.69, 9.17) is 0 Å². The van der Waals surface area contributed by atoms with Gasteiger partial charge in [-0.05, 0) is 12.1 Å². The van der Waals surface area contributed by atoms with Gasteiger partial charge in [-0.15, -0.1) is 0 Å². The molecule has 0 aromatic carbocycles. The number of rotatable bonds is 2. The molecular weight excluding hydrogens is 207 g/mol. The Morgan fingerprint density at radius 2 is 2.38 bits per heavy atom. The fourth-order valence-corrected chi connectivity index (χ4v) is 1.97. The zero-order valence-corrected chi connectivity index (χ0v) is 9.32. The fraction of sp³-hybridized carbons (Fsp3) is 0.500. The first-order valence-corrected chi connectivity index (χ1v) is 5.50. The number of likely N-dealkylation sites (tertiary alicyclic amines) is 1. The van der Waals surface area contributed by atoms with Crippen LogP contribution >= 0.6 is 0 Å². The highest BCUT2D eigenvalue weighted by molar-refractivity contribution is 5.81. The summed E-state index contributed by atoms with van der Waals surface area (Å²) in [6, 6.07) is 3.11. The Morgan fingerprint density at radius 3 is 3.00 bits per heavy atom. The summed E-state index contributed by atoms with van der Waals surface area (Å²) in [7, 11) is 0. The average molecular weight is 222 g/mol. The van der Waals surface area contributed by atoms with Gasteiger partial charge in [0, 0.05) is 32.0 Å². The van der Waals surface area contributed by atoms with Gasteiger partial charge in [-0.2, -0.15) is 0 Å². The van der Waals surface area contributed by atoms with Crippen LogP contribution < -0.4 is 0 Å². The Balaban J connectivity index is 1.95. The number of ketones is 1. The lowest BCUT2D eigenvalue weighted by molar-refractivity contribution is -0.125. The number of hydrogen-bond donors (Lipinski definition) is 0. The van der Waals surface area contributed by atoms with Crippen LogP contribution in [-0.2, 0) is 11.3 Å². The van der Waals surface area contributed by atoms with Crippen LogP contribution in [0.5, 0.6) is 0 Å². The SMILES string of the molecule is C[C@@H]1CN(Cc2ccc(F)cn2)CCC1=O. The third-order valence-corrected chi connectivity index (χ3v) is 2.93. The van der Waals surface area contributed by atoms with Gasteiger partial charge in [0.25, 0.3) is 0 Å². The van der Waals surface area contributed by atoms with Crippen LogP contribution in [0.1, 0.15) is 19.0 Å². The topological polar surface area (TPSA) is 33.2 Å². The molecule has 16 heavy (non-hydrogen) atoms. The van der Waals surface area contributed by atoms with Crippen LogP contribution in [0.3, 0.4) is 0 Å². The second kappa shape index (κ2) is 4.70. The lowest BCUT2D eigenvalue weighted by atomic mass is 9.98. The first-order chi connectivity index (χ1) is 7.65. The van der Waals surface area contributed by atoms with E-state index in [0.29, 0.717) is 18.7 Å². The van der Waals surface area contributed by atoms with Gasteiger partial charge in [-0.1, -0.05) is 6.92 Å². The second-order valence-electron chi connectivity index (χ2n) is 4.32. The minimum atomic E-state index is -0.314. The van der Waals surface area contributed by atoms with Gasteiger partial charge in [0.1, 0.15) is 11.6 Å². The van der Waals surface area contributed by atoms with Crippen molar-refractivity contribution in [2.45, 2.75) is 19.9 Å². The summed E-state index contributed by atoms with van der Waals surface area (Å²) in [4.78, 5) is 17.5. The van der Waals surface area contributed by atoms with Crippen molar-refractivity contribution in [1.82, 2.24) is 9.88 Å². The zero-order valence-electron chi connectivity index (χ0n) is 9.32. The van der Waals surface area contributed by atoms with Crippen LogP contribution in [-0.4, -0.2) is 28.8 Å². The number of carbonyl (C=O) groups is 1. The largest absolute Gasteiger partial charge is 0.299 e. The van der Waals surface area contributed by atoms with E-state index in [-0.39, 0.29) is 11.7 Å². The van der Waals surface area contributed by atoms with Crippen molar-refractivity contribution in [3.05, 3.63) is 29.8 Å². The van der Waals surface area contributed by atoms with E-state index in [9.17, 15) is 9.18 Å². The van der Waals surface area contributed by atoms with E-state index >= 15 is 0 Å². The number of Topliss-reactive ketones (excluding diaryl/α,β-unsaturated/α-hetero) is 1. The van der Waals surface area contributed by atoms with Gasteiger partial charge in [0.15, 0.2) is 0 Å². The number of aromatic nitrogens is 1. The summed E-state index contributed by atoms with van der Waals surface area (Å²) in [6.45, 7) is 4.20. The Bertz CT molecular complexity index is 377. The van der Waals surface area contributed by atoms with Crippen molar-refractivity contribution in [2.24, 2.45) is 5.92 Å². The van der Waals surface area contributed by atoms with Gasteiger partial charge in [0.05, 0.1) is 11.9 Å². The van der Waals surface area contributed by atoms with Crippen molar-refractivity contribution in [2.75, 3.05) is 13.1 Å². The minimum absolute atomic E-state index is 0.106. The fourth-order valence-electron chi connectivity index (χ4n) is 1.97. The van der Waals surface area contributed by atoms with Crippen LogP contribution in [0.25, 0.3) is 0 Å². The highest BCUT2D eigenvalue weighted by Crippen LogP contribution is 2.14. The molecule has 1 fully saturated rings. The third kappa shape index (κ3) is 2.64. The molecule has 0 saturated carbocycles. The molecule has 0 spiro atoms. The molecule has 0 bridgehead atoms. The standard InChI is InChI=1S/C12H15FN2O/c1-9-7-15(5-4-12(9)16)8-11-3-2-10(13)6-14-11/h2-3,6,9H,4-5,7-8H2,1H3/t9-/m1/s1. The van der Waals surface area contributed by atoms with Crippen molar-refractivity contribution < 1.29 is 9.18 Å². The van der Waals surface area contributed by atoms with Crippen LogP contribution in [0.15, 0.2) is 18.3 Å². The monoisotopic (exact) mass is 222 g/mol. The highest BCUT2D eigenvalue weighted by Gasteiger charge is 2.23. The Morgan fingerprint density at radius 1 is 1.56 bits per heavy atom. The summed E-state index contributed by atoms with van der Waals surface area (Å²) in [5.74, 6) is 0.128. The maximum absolute atomic E-state index is 12.7. The molecule has 1 aromatic heterocycles. The quantitative estimate of drug-likeness (QED) is 0.762. The number of piperidine rings is 1. The summed E-state index contributed by atoms with van der Waals surface area (Å²) in [6.07, 6.45) is 1.84. The summed E-state index contributed by atoms with van der Waals surface area (Å²) in [5, 5.41) is 0. The lowest BCUT2D eigenvalue weighted by Crippen LogP contribution is -2.39. The Kier molecular flexibility index (Phi) is 3.29. The maximum Gasteiger partial charge on any atom is 0.141 e. The van der Waals surface area contributed by atoms with Crippen molar-refractivity contribution in [1.29, 1.82) is 0 Å². The molecule has 2 rings (SSSR count). The van der Waals surface area contributed by atoms with E-state index < -0.39 is 0 Å². The van der Waals surface area contributed by atoms with E-state index in [2.05, 4.69) is 9.88 Å². The molecule has 86 valence electrons. The minimum Gasteiger partial charge on any atom is -0.299 e. The van der Waals surface area contributed by atoms with Gasteiger partial charge in [-0.3, -0.25) is 14.7 Å². The Labute approximate surface area is 94.3 Å². The van der Waals surface area contributed by atoms with Gasteiger partial charge < -0.3 is 0 Å². The van der Waals surface area contributed by atoms with Gasteiger partial charge in [0.2, 0.25) is 0 Å². The number of hydrogen-bond acceptors (Lipinski definition) is 3. The molecule has 0 radical (unpaired) electrons. The van der Waals surface area contributed by atoms with Crippen LogP contribution in [0, 0.1) is 11.7 Å². The number of pyridine rings is 1. The number of halogens is 1. The zero-order chi connectivity index (χ0) is 11.5. The first kappa shape index (κ1) is 11.2. The molecule has 1 aromatic rings. The Hall–Kier alpha value is -1.29. The molecule has 3 nitrogen and oxygen atoms in total. The predicted molar refractivity (Wildman–Crippen MR) is 58.3 cm³/mol. The molecule has 0 amide bonds. The number of nitrogens with zero attached hydrogens (tertiary/aromatic N) is 2. The summed E-state index contributed by atoms with van der Waals surface area (Å²) < 4.78 is 12.7. The predicted octanol–water partition coefficient (Wildman–Crippen LogP) is 1.63. The van der Waals surface area contributed by atoms with E-state index in [1.165, 1.54) is 12.3 Å². The average Bonchev–Trinajstić information content (AvgIpc) is 2.27. The molecular formula is C12H15FN2O. The molecule has 1 aliphatic heterocycles. The van der Waals surface area contributed by atoms with Crippen molar-refractivity contribution in [3.8, 4) is 0 Å². The van der Waals surface area contributed by atoms with Crippen molar-refractivity contribution >= 4 is 5.78 Å². The summed E-state index contributed by atoms with van der Waals surface area (Å²) in [5.41, 5.74) is 0.850. The van der Waals surface area contributed by atoms with Gasteiger partial charge >= 0.3 is 0 Å². The van der Waals surface area contributed by atoms with Gasteiger partial charge in [-0.25, -0.2) is 4.39 Å². The molecule has 1 atom stereocenters. The second-order valence-corrected chi connectivity index (χ2v) is 4.32. The lowest BCUT2D eigenvalue weighted by Gasteiger charge is -2.29. The smallest absolute Gasteiger partial charge is 0.141 e. The molecule has 0 N–H and O–H groups in total. The number of carbonyl (C=O) groups excluding carboxylic acids is 1. The third-order valence-electron chi connectivity index (χ3n) is 2.93. The molecule has 0 aliphatic carbocycles. The molecule has 2 heterocycles. The molecule has 1 aliphatic rings. The van der Waals surface area contributed by atoms with E-state index in [1.807, 2.05) is 6.92 Å². The molecule has 4 heteroatoms. The normalized spacial score (nSPS) is 22.4. The maximum atomic E-state index is 12.7. The van der Waals surface area contributed by atoms with E-state index in [1.54, 1.807) is 6.07 Å². The summed E-state index contributed by atoms with van der Waals surface area (Å²) >= 11 is 0. The van der Waals surface area contributed by atoms with E-state index in [0.717, 1.165) is 18.8 Å². The van der Waals surface area contributed by atoms with Crippen LogP contribution in [0.2, 0.25) is 0 Å². The molecule has 1 saturated heterocycles. The van der Waals surface area contributed by atoms with Crippen molar-refractivity contribution in [3.63, 3.8) is 0 Å². The molecule has 0 unspecified atom stereocenters. The first-order valence-electron chi connectivity index (χ1n) is 5.50. The highest BCUT2D eigenvalue weighted by atomic mass is 19.1. The van der Waals surface area contributed by atoms with Crippen LogP contribution in [0.4, 0.5) is 4.39 Å².